The second kappa shape index (κ2) is 9.88. The van der Waals surface area contributed by atoms with E-state index in [4.69, 9.17) is 10.6 Å². The van der Waals surface area contributed by atoms with Crippen molar-refractivity contribution < 1.29 is 39.7 Å². The van der Waals surface area contributed by atoms with E-state index < -0.39 is 53.6 Å². The smallest absolute Gasteiger partial charge is 0.352 e. The lowest BCUT2D eigenvalue weighted by molar-refractivity contribution is -0.150. The number of nitrogens with two attached hydrogens (primary N) is 1. The molecule has 2 atom stereocenters. The highest BCUT2D eigenvalue weighted by molar-refractivity contribution is 8.00. The minimum Gasteiger partial charge on any atom is -0.503 e. The Bertz CT molecular complexity index is 1370. The number of hydrogen-bond acceptors (Lipinski definition) is 13. The third-order valence-corrected chi connectivity index (χ3v) is 7.18. The van der Waals surface area contributed by atoms with Crippen LogP contribution in [0.1, 0.15) is 11.4 Å². The number of carbonyl (C=O) groups excluding carboxylic acids is 2. The first-order valence-electron chi connectivity index (χ1n) is 9.99. The molecule has 0 spiro atoms. The molecule has 4 heterocycles. The van der Waals surface area contributed by atoms with Gasteiger partial charge in [-0.05, 0) is 5.57 Å². The quantitative estimate of drug-likeness (QED) is 0.0974. The molecule has 190 valence electrons. The van der Waals surface area contributed by atoms with Crippen molar-refractivity contribution in [3.63, 3.8) is 0 Å². The number of nitrogens with one attached hydrogen (secondary N) is 1. The van der Waals surface area contributed by atoms with Crippen LogP contribution in [0.2, 0.25) is 0 Å². The lowest BCUT2D eigenvalue weighted by atomic mass is 10.0. The van der Waals surface area contributed by atoms with Gasteiger partial charge in [-0.2, -0.15) is 4.73 Å². The first-order chi connectivity index (χ1) is 17.1. The zero-order valence-corrected chi connectivity index (χ0v) is 19.7. The van der Waals surface area contributed by atoms with Gasteiger partial charge in [0.15, 0.2) is 23.2 Å². The number of hydrogen-bond donors (Lipinski definition) is 6. The van der Waals surface area contributed by atoms with Crippen LogP contribution in [0.15, 0.2) is 38.9 Å². The highest BCUT2D eigenvalue weighted by Crippen LogP contribution is 2.40. The molecule has 0 radical (unpaired) electrons. The molecule has 2 aliphatic rings. The minimum atomic E-state index is -1.37. The number of aliphatic hydroxyl groups is 1. The number of aromatic nitrogens is 2. The van der Waals surface area contributed by atoms with Gasteiger partial charge in [0.25, 0.3) is 11.8 Å². The van der Waals surface area contributed by atoms with E-state index in [1.54, 1.807) is 0 Å². The summed E-state index contributed by atoms with van der Waals surface area (Å²) in [5.74, 6) is -3.46. The molecule has 0 aliphatic carbocycles. The largest absolute Gasteiger partial charge is 0.503 e. The number of carbonyl (C=O) groups is 3. The molecular formula is C19H18N6O9S2. The van der Waals surface area contributed by atoms with Crippen molar-refractivity contribution in [3.8, 4) is 5.75 Å². The summed E-state index contributed by atoms with van der Waals surface area (Å²) in [5, 5.41) is 45.1. The number of nitrogens with zero attached hydrogens (tertiary/aromatic N) is 4. The van der Waals surface area contributed by atoms with Gasteiger partial charge in [0.05, 0.1) is 12.8 Å². The van der Waals surface area contributed by atoms with Crippen LogP contribution in [0.3, 0.4) is 0 Å². The number of carboxylic acids is 1. The number of oxime groups is 1. The van der Waals surface area contributed by atoms with Crippen LogP contribution in [0.5, 0.6) is 5.75 Å². The number of aliphatic hydroxyl groups excluding tert-OH is 1. The van der Waals surface area contributed by atoms with Gasteiger partial charge >= 0.3 is 5.97 Å². The molecule has 2 amide bonds. The third-order valence-electron chi connectivity index (χ3n) is 5.16. The average Bonchev–Trinajstić information content (AvgIpc) is 3.27. The van der Waals surface area contributed by atoms with E-state index >= 15 is 0 Å². The number of thiazole rings is 1. The Kier molecular flexibility index (Phi) is 6.86. The van der Waals surface area contributed by atoms with Crippen molar-refractivity contribution in [2.45, 2.75) is 18.0 Å². The van der Waals surface area contributed by atoms with Crippen LogP contribution < -0.4 is 16.5 Å². The highest BCUT2D eigenvalue weighted by atomic mass is 32.2. The first kappa shape index (κ1) is 25.0. The molecule has 0 aromatic carbocycles. The number of pyridine rings is 1. The second-order valence-electron chi connectivity index (χ2n) is 7.42. The van der Waals surface area contributed by atoms with Crippen molar-refractivity contribution in [2.75, 3.05) is 18.1 Å². The number of amides is 2. The van der Waals surface area contributed by atoms with Crippen LogP contribution in [0.4, 0.5) is 5.13 Å². The number of nitrogen functional groups attached to an aromatic ring is 1. The van der Waals surface area contributed by atoms with Crippen molar-refractivity contribution in [1.82, 2.24) is 19.9 Å². The molecule has 17 heteroatoms. The summed E-state index contributed by atoms with van der Waals surface area (Å²) in [6.07, 6.45) is 0.761. The number of aromatic hydroxyl groups is 1. The van der Waals surface area contributed by atoms with E-state index in [0.29, 0.717) is 4.73 Å². The maximum absolute atomic E-state index is 13.0. The van der Waals surface area contributed by atoms with Gasteiger partial charge < -0.3 is 36.4 Å². The fourth-order valence-corrected chi connectivity index (χ4v) is 5.32. The predicted octanol–water partition coefficient (Wildman–Crippen LogP) is -1.52. The molecule has 0 unspecified atom stereocenters. The summed E-state index contributed by atoms with van der Waals surface area (Å²) in [7, 11) is 0. The van der Waals surface area contributed by atoms with Crippen molar-refractivity contribution >= 4 is 51.7 Å². The molecule has 0 saturated carbocycles. The van der Waals surface area contributed by atoms with Gasteiger partial charge in [-0.25, -0.2) is 9.78 Å². The number of thioether (sulfide) groups is 1. The van der Waals surface area contributed by atoms with E-state index in [0.717, 1.165) is 28.5 Å². The van der Waals surface area contributed by atoms with Crippen LogP contribution in [0.25, 0.3) is 0 Å². The van der Waals surface area contributed by atoms with Crippen LogP contribution in [-0.4, -0.2) is 82.4 Å². The molecule has 7 N–H and O–H groups in total. The Hall–Kier alpha value is -4.09. The number of aliphatic carboxylic acids is 1. The van der Waals surface area contributed by atoms with Gasteiger partial charge in [0, 0.05) is 17.2 Å². The average molecular weight is 539 g/mol. The summed E-state index contributed by atoms with van der Waals surface area (Å²) < 4.78 is 0.447. The van der Waals surface area contributed by atoms with E-state index in [1.165, 1.54) is 17.1 Å². The number of fused-ring (bicyclic) bond motifs is 1. The topological polar surface area (TPSA) is 230 Å². The molecule has 1 saturated heterocycles. The van der Waals surface area contributed by atoms with Crippen LogP contribution in [0, 0.1) is 0 Å². The molecule has 0 bridgehead atoms. The SMILES string of the molecule is Nc1nc(/C(=N/OCc2cc(=O)c(O)cn2O)C(=O)N[C@@H]2C(=O)N3C(C(=O)O)=C(CO)CS[C@H]23)cs1. The van der Waals surface area contributed by atoms with E-state index in [-0.39, 0.29) is 39.3 Å². The van der Waals surface area contributed by atoms with Gasteiger partial charge in [0.1, 0.15) is 28.5 Å². The Morgan fingerprint density at radius 2 is 2.11 bits per heavy atom. The second-order valence-corrected chi connectivity index (χ2v) is 9.41. The highest BCUT2D eigenvalue weighted by Gasteiger charge is 2.54. The molecule has 36 heavy (non-hydrogen) atoms. The molecular weight excluding hydrogens is 520 g/mol. The lowest BCUT2D eigenvalue weighted by Gasteiger charge is -2.49. The zero-order valence-electron chi connectivity index (χ0n) is 18.0. The maximum atomic E-state index is 13.0. The molecule has 2 aliphatic heterocycles. The van der Waals surface area contributed by atoms with Gasteiger partial charge in [-0.15, -0.1) is 23.1 Å². The summed E-state index contributed by atoms with van der Waals surface area (Å²) in [6.45, 7) is -1.00. The standard InChI is InChI=1S/C19H18N6O9S2/c20-19-21-9(6-36-19)12(23-34-4-8-1-10(27)11(28)2-24(8)33)15(29)22-13-16(30)25-14(18(31)32)7(3-26)5-35-17(13)25/h1-2,6,13,17,26,28,33H,3-5H2,(H2,20,21)(H,22,29)(H,31,32)/b23-12-/t13-,17-/m1/s1. The number of anilines is 1. The van der Waals surface area contributed by atoms with E-state index in [1.807, 2.05) is 0 Å². The normalized spacial score (nSPS) is 19.5. The van der Waals surface area contributed by atoms with Crippen molar-refractivity contribution in [3.05, 3.63) is 50.5 Å². The van der Waals surface area contributed by atoms with Crippen LogP contribution in [-0.2, 0) is 25.8 Å². The summed E-state index contributed by atoms with van der Waals surface area (Å²) in [4.78, 5) is 59.1. The zero-order chi connectivity index (χ0) is 26.1. The third kappa shape index (κ3) is 4.58. The van der Waals surface area contributed by atoms with Crippen molar-refractivity contribution in [1.29, 1.82) is 0 Å². The summed E-state index contributed by atoms with van der Waals surface area (Å²) >= 11 is 2.19. The minimum absolute atomic E-state index is 0.0238. The monoisotopic (exact) mass is 538 g/mol. The maximum Gasteiger partial charge on any atom is 0.352 e. The van der Waals surface area contributed by atoms with Gasteiger partial charge in [-0.3, -0.25) is 19.3 Å². The van der Waals surface area contributed by atoms with Crippen molar-refractivity contribution in [2.24, 2.45) is 5.16 Å². The van der Waals surface area contributed by atoms with E-state index in [2.05, 4.69) is 15.5 Å². The fourth-order valence-electron chi connectivity index (χ4n) is 3.44. The summed E-state index contributed by atoms with van der Waals surface area (Å²) in [6, 6.07) is -0.181. The lowest BCUT2D eigenvalue weighted by Crippen LogP contribution is -2.71. The molecule has 2 aromatic heterocycles. The fraction of sp³-hybridized carbons (Fsp3) is 0.263. The van der Waals surface area contributed by atoms with Crippen LogP contribution >= 0.6 is 23.1 Å². The first-order valence-corrected chi connectivity index (χ1v) is 11.9. The Labute approximate surface area is 209 Å². The molecule has 15 nitrogen and oxygen atoms in total. The number of rotatable bonds is 8. The summed E-state index contributed by atoms with van der Waals surface area (Å²) in [5.41, 5.74) is 4.31. The van der Waals surface area contributed by atoms with Gasteiger partial charge in [-0.1, -0.05) is 5.16 Å². The number of β-lactam (4-membered cyclic amide) rings is 1. The Morgan fingerprint density at radius 1 is 1.36 bits per heavy atom. The van der Waals surface area contributed by atoms with Gasteiger partial charge in [0.2, 0.25) is 5.43 Å². The Morgan fingerprint density at radius 3 is 2.75 bits per heavy atom. The Balaban J connectivity index is 1.53. The molecule has 4 rings (SSSR count). The van der Waals surface area contributed by atoms with E-state index in [9.17, 15) is 39.7 Å². The predicted molar refractivity (Wildman–Crippen MR) is 124 cm³/mol. The number of carboxylic acid groups (broad SMARTS) is 1. The molecule has 2 aromatic rings. The molecule has 1 fully saturated rings.